The van der Waals surface area contributed by atoms with Crippen molar-refractivity contribution in [1.29, 1.82) is 0 Å². The van der Waals surface area contributed by atoms with Gasteiger partial charge in [-0.2, -0.15) is 0 Å². The van der Waals surface area contributed by atoms with Gasteiger partial charge in [0, 0.05) is 34.4 Å². The molecule has 10 heavy (non-hydrogen) atoms. The fourth-order valence-corrected chi connectivity index (χ4v) is 2.73. The molecule has 1 N–H and O–H groups in total. The average Bonchev–Trinajstić information content (AvgIpc) is 1.88. The van der Waals surface area contributed by atoms with E-state index in [4.69, 9.17) is 0 Å². The quantitative estimate of drug-likeness (QED) is 0.607. The first-order chi connectivity index (χ1) is 4.74. The van der Waals surface area contributed by atoms with E-state index >= 15 is 0 Å². The summed E-state index contributed by atoms with van der Waals surface area (Å²) in [6.45, 7) is 5.12. The summed E-state index contributed by atoms with van der Waals surface area (Å²) in [5, 5.41) is 3.72. The van der Waals surface area contributed by atoms with Gasteiger partial charge in [0.05, 0.1) is 0 Å². The van der Waals surface area contributed by atoms with Gasteiger partial charge in [0.25, 0.3) is 0 Å². The van der Waals surface area contributed by atoms with Gasteiger partial charge < -0.3 is 5.32 Å². The minimum absolute atomic E-state index is 0.399. The summed E-state index contributed by atoms with van der Waals surface area (Å²) in [7, 11) is -0.571. The van der Waals surface area contributed by atoms with Gasteiger partial charge in [0.1, 0.15) is 0 Å². The van der Waals surface area contributed by atoms with Gasteiger partial charge in [-0.1, -0.05) is 6.92 Å². The molecular formula is C7H15NOS. The Morgan fingerprint density at radius 1 is 1.70 bits per heavy atom. The molecule has 3 heteroatoms. The van der Waals surface area contributed by atoms with Crippen LogP contribution in [0.25, 0.3) is 0 Å². The molecule has 0 bridgehead atoms. The molecule has 1 rings (SSSR count). The average molecular weight is 161 g/mol. The van der Waals surface area contributed by atoms with Crippen LogP contribution in [0.15, 0.2) is 0 Å². The predicted octanol–water partition coefficient (Wildman–Crippen LogP) is 0.505. The third-order valence-corrected chi connectivity index (χ3v) is 4.01. The molecular weight excluding hydrogens is 146 g/mol. The molecule has 3 unspecified atom stereocenters. The van der Waals surface area contributed by atoms with Crippen molar-refractivity contribution in [3.05, 3.63) is 0 Å². The van der Waals surface area contributed by atoms with Crippen LogP contribution in [-0.2, 0) is 10.8 Å². The summed E-state index contributed by atoms with van der Waals surface area (Å²) in [6.07, 6.45) is 1.03. The Bertz CT molecular complexity index is 138. The fourth-order valence-electron chi connectivity index (χ4n) is 1.20. The first-order valence-electron chi connectivity index (χ1n) is 3.84. The molecule has 1 fully saturated rings. The van der Waals surface area contributed by atoms with Crippen LogP contribution in [0.1, 0.15) is 20.3 Å². The van der Waals surface area contributed by atoms with E-state index in [-0.39, 0.29) is 0 Å². The smallest absolute Gasteiger partial charge is 0.0470 e. The lowest BCUT2D eigenvalue weighted by molar-refractivity contribution is 0.534. The topological polar surface area (TPSA) is 29.1 Å². The molecule has 0 spiro atoms. The Labute approximate surface area is 64.8 Å². The highest BCUT2D eigenvalue weighted by atomic mass is 32.2. The first-order valence-corrected chi connectivity index (χ1v) is 5.22. The zero-order valence-electron chi connectivity index (χ0n) is 6.59. The molecule has 1 aliphatic rings. The lowest BCUT2D eigenvalue weighted by atomic mass is 10.3. The highest BCUT2D eigenvalue weighted by Gasteiger charge is 2.22. The van der Waals surface area contributed by atoms with Crippen LogP contribution in [0.3, 0.4) is 0 Å². The van der Waals surface area contributed by atoms with Crippen molar-refractivity contribution in [2.24, 2.45) is 0 Å². The third kappa shape index (κ3) is 1.80. The second-order valence-corrected chi connectivity index (χ2v) is 4.65. The van der Waals surface area contributed by atoms with Crippen LogP contribution in [-0.4, -0.2) is 27.8 Å². The van der Waals surface area contributed by atoms with Crippen LogP contribution in [0.2, 0.25) is 0 Å². The summed E-state index contributed by atoms with van der Waals surface area (Å²) in [5.41, 5.74) is 0. The second kappa shape index (κ2) is 3.49. The molecule has 0 saturated carbocycles. The van der Waals surface area contributed by atoms with E-state index < -0.39 is 10.8 Å². The van der Waals surface area contributed by atoms with E-state index in [1.165, 1.54) is 0 Å². The van der Waals surface area contributed by atoms with E-state index in [0.29, 0.717) is 11.3 Å². The van der Waals surface area contributed by atoms with E-state index in [2.05, 4.69) is 19.2 Å². The van der Waals surface area contributed by atoms with Crippen molar-refractivity contribution in [2.75, 3.05) is 12.3 Å². The molecule has 60 valence electrons. The van der Waals surface area contributed by atoms with Crippen molar-refractivity contribution >= 4 is 10.8 Å². The molecule has 1 aliphatic heterocycles. The maximum Gasteiger partial charge on any atom is 0.0470 e. The van der Waals surface area contributed by atoms with Gasteiger partial charge in [-0.05, 0) is 13.3 Å². The molecule has 0 aromatic rings. The van der Waals surface area contributed by atoms with Crippen LogP contribution < -0.4 is 5.32 Å². The van der Waals surface area contributed by atoms with Crippen LogP contribution >= 0.6 is 0 Å². The van der Waals surface area contributed by atoms with Crippen LogP contribution in [0, 0.1) is 0 Å². The van der Waals surface area contributed by atoms with Crippen molar-refractivity contribution in [2.45, 2.75) is 31.6 Å². The van der Waals surface area contributed by atoms with Crippen molar-refractivity contribution in [3.8, 4) is 0 Å². The monoisotopic (exact) mass is 161 g/mol. The molecule has 0 amide bonds. The van der Waals surface area contributed by atoms with Gasteiger partial charge in [-0.25, -0.2) is 0 Å². The number of nitrogens with one attached hydrogen (secondary N) is 1. The van der Waals surface area contributed by atoms with Gasteiger partial charge in [-0.3, -0.25) is 4.21 Å². The molecule has 1 saturated heterocycles. The highest BCUT2D eigenvalue weighted by Crippen LogP contribution is 2.07. The van der Waals surface area contributed by atoms with Crippen molar-refractivity contribution in [1.82, 2.24) is 5.32 Å². The van der Waals surface area contributed by atoms with E-state index in [0.717, 1.165) is 18.7 Å². The fraction of sp³-hybridized carbons (Fsp3) is 1.00. The minimum Gasteiger partial charge on any atom is -0.312 e. The normalized spacial score (nSPS) is 41.6. The number of hydrogen-bond acceptors (Lipinski definition) is 2. The van der Waals surface area contributed by atoms with Gasteiger partial charge in [-0.15, -0.1) is 0 Å². The summed E-state index contributed by atoms with van der Waals surface area (Å²) >= 11 is 0. The zero-order chi connectivity index (χ0) is 7.56. The molecule has 0 aromatic heterocycles. The molecule has 0 aliphatic carbocycles. The maximum absolute atomic E-state index is 11.3. The molecule has 1 heterocycles. The van der Waals surface area contributed by atoms with Crippen LogP contribution in [0.5, 0.6) is 0 Å². The lowest BCUT2D eigenvalue weighted by Gasteiger charge is -2.25. The van der Waals surface area contributed by atoms with E-state index in [1.807, 2.05) is 0 Å². The standard InChI is InChI=1S/C7H15NOS/c1-3-7-4-8-6(2)5-10(7)9/h6-8H,3-5H2,1-2H3. The summed E-state index contributed by atoms with van der Waals surface area (Å²) in [6, 6.07) is 0.448. The van der Waals surface area contributed by atoms with Gasteiger partial charge in [0.2, 0.25) is 0 Å². The van der Waals surface area contributed by atoms with E-state index in [1.54, 1.807) is 0 Å². The number of hydrogen-bond donors (Lipinski definition) is 1. The summed E-state index contributed by atoms with van der Waals surface area (Å²) in [5.74, 6) is 0.832. The Balaban J connectivity index is 2.43. The molecule has 0 radical (unpaired) electrons. The minimum atomic E-state index is -0.571. The Hall–Kier alpha value is 0.110. The lowest BCUT2D eigenvalue weighted by Crippen LogP contribution is -2.46. The summed E-state index contributed by atoms with van der Waals surface area (Å²) in [4.78, 5) is 0. The van der Waals surface area contributed by atoms with Gasteiger partial charge in [0.15, 0.2) is 0 Å². The third-order valence-electron chi connectivity index (χ3n) is 1.94. The Morgan fingerprint density at radius 3 is 2.90 bits per heavy atom. The second-order valence-electron chi connectivity index (χ2n) is 2.89. The van der Waals surface area contributed by atoms with Crippen LogP contribution in [0.4, 0.5) is 0 Å². The Kier molecular flexibility index (Phi) is 2.86. The summed E-state index contributed by atoms with van der Waals surface area (Å²) < 4.78 is 11.3. The van der Waals surface area contributed by atoms with Crippen molar-refractivity contribution in [3.63, 3.8) is 0 Å². The maximum atomic E-state index is 11.3. The largest absolute Gasteiger partial charge is 0.312 e. The molecule has 0 aromatic carbocycles. The van der Waals surface area contributed by atoms with E-state index in [9.17, 15) is 4.21 Å². The van der Waals surface area contributed by atoms with Crippen molar-refractivity contribution < 1.29 is 4.21 Å². The van der Waals surface area contributed by atoms with Gasteiger partial charge >= 0.3 is 0 Å². The number of rotatable bonds is 1. The predicted molar refractivity (Wildman–Crippen MR) is 44.6 cm³/mol. The molecule has 2 nitrogen and oxygen atoms in total. The zero-order valence-corrected chi connectivity index (χ0v) is 7.41. The Morgan fingerprint density at radius 2 is 2.40 bits per heavy atom. The molecule has 3 atom stereocenters. The SMILES string of the molecule is CCC1CNC(C)CS1=O. The first kappa shape index (κ1) is 8.21. The highest BCUT2D eigenvalue weighted by molar-refractivity contribution is 7.85.